The molecule has 0 spiro atoms. The van der Waals surface area contributed by atoms with E-state index in [4.69, 9.17) is 15.1 Å². The number of rotatable bonds is 7. The predicted molar refractivity (Wildman–Crippen MR) is 129 cm³/mol. The molecule has 10 nitrogen and oxygen atoms in total. The maximum atomic E-state index is 12.0. The van der Waals surface area contributed by atoms with E-state index in [-0.39, 0.29) is 5.57 Å². The molecule has 0 bridgehead atoms. The Balaban J connectivity index is 1.40. The summed E-state index contributed by atoms with van der Waals surface area (Å²) in [5.41, 5.74) is 2.75. The van der Waals surface area contributed by atoms with Crippen LogP contribution in [0.25, 0.3) is 0 Å². The van der Waals surface area contributed by atoms with Gasteiger partial charge in [0.15, 0.2) is 5.57 Å². The van der Waals surface area contributed by atoms with E-state index in [1.165, 1.54) is 0 Å². The minimum Gasteiger partial charge on any atom is -0.514 e. The average Bonchev–Trinajstić information content (AvgIpc) is 2.86. The van der Waals surface area contributed by atoms with Gasteiger partial charge in [-0.1, -0.05) is 6.07 Å². The van der Waals surface area contributed by atoms with Crippen molar-refractivity contribution in [2.45, 2.75) is 0 Å². The van der Waals surface area contributed by atoms with Crippen LogP contribution in [0.1, 0.15) is 0 Å². The van der Waals surface area contributed by atoms with Crippen molar-refractivity contribution in [3.63, 3.8) is 0 Å². The van der Waals surface area contributed by atoms with Crippen LogP contribution in [0.15, 0.2) is 72.6 Å². The van der Waals surface area contributed by atoms with E-state index in [1.807, 2.05) is 18.2 Å². The Bertz CT molecular complexity index is 1220. The first-order chi connectivity index (χ1) is 16.6. The number of aromatic nitrogens is 2. The summed E-state index contributed by atoms with van der Waals surface area (Å²) in [6.07, 6.45) is 2.11. The molecule has 0 saturated carbocycles. The molecule has 0 radical (unpaired) electrons. The molecule has 0 aliphatic carbocycles. The van der Waals surface area contributed by atoms with Crippen LogP contribution in [0.2, 0.25) is 0 Å². The Morgan fingerprint density at radius 2 is 1.82 bits per heavy atom. The van der Waals surface area contributed by atoms with Crippen molar-refractivity contribution in [3.05, 3.63) is 72.6 Å². The molecular formula is C24H23N7O3. The summed E-state index contributed by atoms with van der Waals surface area (Å²) in [7, 11) is 0. The number of anilines is 6. The first-order valence-corrected chi connectivity index (χ1v) is 10.6. The lowest BCUT2D eigenvalue weighted by Gasteiger charge is -2.28. The van der Waals surface area contributed by atoms with Crippen molar-refractivity contribution in [2.24, 2.45) is 0 Å². The fraction of sp³-hybridized carbons (Fsp3) is 0.167. The van der Waals surface area contributed by atoms with Crippen LogP contribution in [0.5, 0.6) is 0 Å². The molecule has 34 heavy (non-hydrogen) atoms. The highest BCUT2D eigenvalue weighted by Crippen LogP contribution is 2.23. The molecule has 1 fully saturated rings. The summed E-state index contributed by atoms with van der Waals surface area (Å²) >= 11 is 0. The summed E-state index contributed by atoms with van der Waals surface area (Å²) < 4.78 is 5.40. The smallest absolute Gasteiger partial charge is 0.269 e. The number of morpholine rings is 1. The summed E-state index contributed by atoms with van der Waals surface area (Å²) in [6.45, 7) is 3.24. The highest BCUT2D eigenvalue weighted by Gasteiger charge is 2.12. The first-order valence-electron chi connectivity index (χ1n) is 10.6. The molecule has 1 saturated heterocycles. The molecule has 0 unspecified atom stereocenters. The maximum Gasteiger partial charge on any atom is 0.269 e. The molecule has 3 aromatic rings. The van der Waals surface area contributed by atoms with Gasteiger partial charge in [-0.15, -0.1) is 0 Å². The van der Waals surface area contributed by atoms with Crippen LogP contribution in [0.4, 0.5) is 34.5 Å². The van der Waals surface area contributed by atoms with Gasteiger partial charge in [-0.2, -0.15) is 10.2 Å². The highest BCUT2D eigenvalue weighted by atomic mass is 16.5. The van der Waals surface area contributed by atoms with Crippen LogP contribution in [0.3, 0.4) is 0 Å². The highest BCUT2D eigenvalue weighted by molar-refractivity contribution is 6.06. The Hall–Kier alpha value is -4.62. The quantitative estimate of drug-likeness (QED) is 0.238. The number of aliphatic hydroxyl groups excluding tert-OH is 1. The van der Waals surface area contributed by atoms with Crippen molar-refractivity contribution in [1.29, 1.82) is 5.26 Å². The molecule has 0 atom stereocenters. The Morgan fingerprint density at radius 3 is 2.56 bits per heavy atom. The molecule has 1 amide bonds. The van der Waals surface area contributed by atoms with Gasteiger partial charge in [-0.05, 0) is 48.5 Å². The minimum absolute atomic E-state index is 0.386. The Kier molecular flexibility index (Phi) is 7.17. The lowest BCUT2D eigenvalue weighted by atomic mass is 10.2. The van der Waals surface area contributed by atoms with Crippen LogP contribution >= 0.6 is 0 Å². The number of amides is 1. The van der Waals surface area contributed by atoms with E-state index in [9.17, 15) is 4.79 Å². The molecule has 1 aromatic heterocycles. The van der Waals surface area contributed by atoms with Crippen LogP contribution in [0, 0.1) is 11.3 Å². The lowest BCUT2D eigenvalue weighted by Crippen LogP contribution is -2.36. The second-order valence-electron chi connectivity index (χ2n) is 7.35. The van der Waals surface area contributed by atoms with Crippen molar-refractivity contribution in [1.82, 2.24) is 9.97 Å². The Labute approximate surface area is 196 Å². The molecule has 172 valence electrons. The van der Waals surface area contributed by atoms with Crippen molar-refractivity contribution in [2.75, 3.05) is 47.2 Å². The lowest BCUT2D eigenvalue weighted by molar-refractivity contribution is -0.112. The molecule has 1 aliphatic rings. The van der Waals surface area contributed by atoms with Gasteiger partial charge in [0.2, 0.25) is 5.95 Å². The average molecular weight is 457 g/mol. The van der Waals surface area contributed by atoms with Gasteiger partial charge in [0.1, 0.15) is 18.1 Å². The third kappa shape index (κ3) is 5.79. The van der Waals surface area contributed by atoms with Crippen molar-refractivity contribution >= 4 is 40.4 Å². The van der Waals surface area contributed by atoms with Crippen molar-refractivity contribution < 1.29 is 14.6 Å². The summed E-state index contributed by atoms with van der Waals surface area (Å²) in [4.78, 5) is 23.0. The third-order valence-electron chi connectivity index (χ3n) is 5.04. The second-order valence-corrected chi connectivity index (χ2v) is 7.35. The standard InChI is InChI=1S/C24H23N7O3/c25-15-17(16-32)23(33)28-20-3-1-2-19(14-20)27-22-8-9-26-24(30-22)29-18-4-6-21(7-5-18)31-10-12-34-13-11-31/h1-9,14,16,32H,10-13H2,(H,28,33)(H2,26,27,29,30). The number of carbonyl (C=O) groups excluding carboxylic acids is 1. The van der Waals surface area contributed by atoms with Gasteiger partial charge >= 0.3 is 0 Å². The van der Waals surface area contributed by atoms with Gasteiger partial charge in [0.25, 0.3) is 5.91 Å². The van der Waals surface area contributed by atoms with Crippen LogP contribution < -0.4 is 20.9 Å². The number of carbonyl (C=O) groups is 1. The number of hydrogen-bond acceptors (Lipinski definition) is 9. The molecule has 1 aliphatic heterocycles. The van der Waals surface area contributed by atoms with Gasteiger partial charge in [0, 0.05) is 42.0 Å². The molecule has 10 heteroatoms. The monoisotopic (exact) mass is 457 g/mol. The fourth-order valence-corrected chi connectivity index (χ4v) is 3.35. The minimum atomic E-state index is -0.699. The van der Waals surface area contributed by atoms with E-state index in [0.29, 0.717) is 29.4 Å². The zero-order chi connectivity index (χ0) is 23.8. The zero-order valence-electron chi connectivity index (χ0n) is 18.2. The zero-order valence-corrected chi connectivity index (χ0v) is 18.2. The molecule has 2 aromatic carbocycles. The van der Waals surface area contributed by atoms with E-state index in [1.54, 1.807) is 36.5 Å². The topological polar surface area (TPSA) is 135 Å². The third-order valence-corrected chi connectivity index (χ3v) is 5.04. The molecule has 2 heterocycles. The van der Waals surface area contributed by atoms with Gasteiger partial charge in [-0.3, -0.25) is 4.79 Å². The van der Waals surface area contributed by atoms with E-state index in [2.05, 4.69) is 43.0 Å². The summed E-state index contributed by atoms with van der Waals surface area (Å²) in [6, 6.07) is 18.3. The number of nitrogens with zero attached hydrogens (tertiary/aromatic N) is 4. The van der Waals surface area contributed by atoms with Crippen LogP contribution in [-0.4, -0.2) is 47.3 Å². The summed E-state index contributed by atoms with van der Waals surface area (Å²) in [5, 5.41) is 26.7. The normalized spacial score (nSPS) is 13.6. The number of hydrogen-bond donors (Lipinski definition) is 4. The Morgan fingerprint density at radius 1 is 1.06 bits per heavy atom. The van der Waals surface area contributed by atoms with E-state index in [0.717, 1.165) is 37.7 Å². The number of ether oxygens (including phenoxy) is 1. The predicted octanol–water partition coefficient (Wildman–Crippen LogP) is 3.70. The maximum absolute atomic E-state index is 12.0. The molecular weight excluding hydrogens is 434 g/mol. The number of nitrogens with one attached hydrogen (secondary N) is 3. The number of aliphatic hydroxyl groups is 1. The first kappa shape index (κ1) is 22.6. The number of nitriles is 1. The van der Waals surface area contributed by atoms with Crippen LogP contribution in [-0.2, 0) is 9.53 Å². The fourth-order valence-electron chi connectivity index (χ4n) is 3.35. The molecule has 4 N–H and O–H groups in total. The van der Waals surface area contributed by atoms with Gasteiger partial charge < -0.3 is 30.7 Å². The van der Waals surface area contributed by atoms with E-state index < -0.39 is 5.91 Å². The summed E-state index contributed by atoms with van der Waals surface area (Å²) in [5.74, 6) is 0.287. The second kappa shape index (κ2) is 10.8. The molecule has 4 rings (SSSR count). The van der Waals surface area contributed by atoms with E-state index >= 15 is 0 Å². The SMILES string of the molecule is N#CC(=CO)C(=O)Nc1cccc(Nc2ccnc(Nc3ccc(N4CCOCC4)cc3)n2)c1. The number of benzene rings is 2. The van der Waals surface area contributed by atoms with Crippen molar-refractivity contribution in [3.8, 4) is 6.07 Å². The van der Waals surface area contributed by atoms with Gasteiger partial charge in [-0.25, -0.2) is 4.98 Å². The largest absolute Gasteiger partial charge is 0.514 e. The van der Waals surface area contributed by atoms with Gasteiger partial charge in [0.05, 0.1) is 13.2 Å².